The summed E-state index contributed by atoms with van der Waals surface area (Å²) in [5.41, 5.74) is 3.50. The Morgan fingerprint density at radius 3 is 2.75 bits per heavy atom. The average molecular weight is 403 g/mol. The van der Waals surface area contributed by atoms with Gasteiger partial charge < -0.3 is 9.64 Å². The molecule has 0 saturated heterocycles. The molecule has 1 aliphatic heterocycles. The third kappa shape index (κ3) is 4.20. The van der Waals surface area contributed by atoms with E-state index in [9.17, 15) is 13.2 Å². The Labute approximate surface area is 166 Å². The number of aryl methyl sites for hydroxylation is 1. The fourth-order valence-electron chi connectivity index (χ4n) is 3.61. The number of carbonyl (C=O) groups is 1. The van der Waals surface area contributed by atoms with E-state index >= 15 is 0 Å². The lowest BCUT2D eigenvalue weighted by Crippen LogP contribution is -2.33. The van der Waals surface area contributed by atoms with Gasteiger partial charge in [0.15, 0.2) is 0 Å². The molecule has 0 saturated carbocycles. The van der Waals surface area contributed by atoms with Crippen LogP contribution >= 0.6 is 0 Å². The summed E-state index contributed by atoms with van der Waals surface area (Å²) < 4.78 is 32.5. The maximum absolute atomic E-state index is 12.6. The number of methoxy groups -OCH3 is 1. The van der Waals surface area contributed by atoms with Crippen LogP contribution < -0.4 is 9.62 Å². The number of sulfonamides is 1. The highest BCUT2D eigenvalue weighted by molar-refractivity contribution is 7.89. The molecule has 0 amide bonds. The maximum Gasteiger partial charge on any atom is 0.338 e. The van der Waals surface area contributed by atoms with Crippen LogP contribution in [0, 0.1) is 6.92 Å². The van der Waals surface area contributed by atoms with Crippen LogP contribution in [0.2, 0.25) is 0 Å². The van der Waals surface area contributed by atoms with E-state index in [2.05, 4.69) is 28.7 Å². The number of hydrogen-bond donors (Lipinski definition) is 1. The Kier molecular flexibility index (Phi) is 6.05. The average Bonchev–Trinajstić information content (AvgIpc) is 3.00. The molecule has 28 heavy (non-hydrogen) atoms. The molecule has 7 heteroatoms. The number of esters is 1. The molecule has 0 radical (unpaired) electrons. The van der Waals surface area contributed by atoms with E-state index < -0.39 is 16.0 Å². The minimum atomic E-state index is -3.69. The van der Waals surface area contributed by atoms with Crippen molar-refractivity contribution in [1.82, 2.24) is 4.72 Å². The minimum absolute atomic E-state index is 0.0680. The van der Waals surface area contributed by atoms with Gasteiger partial charge in [0.25, 0.3) is 0 Å². The number of hydrogen-bond acceptors (Lipinski definition) is 5. The van der Waals surface area contributed by atoms with Crippen molar-refractivity contribution in [2.45, 2.75) is 37.6 Å². The molecule has 0 spiro atoms. The van der Waals surface area contributed by atoms with Gasteiger partial charge in [-0.2, -0.15) is 0 Å². The number of carbonyl (C=O) groups excluding carboxylic acids is 1. The van der Waals surface area contributed by atoms with Gasteiger partial charge in [0.2, 0.25) is 10.0 Å². The monoisotopic (exact) mass is 402 g/mol. The number of nitrogens with zero attached hydrogens (tertiary/aromatic N) is 1. The van der Waals surface area contributed by atoms with Gasteiger partial charge in [0.1, 0.15) is 0 Å². The summed E-state index contributed by atoms with van der Waals surface area (Å²) in [6.07, 6.45) is 1.70. The van der Waals surface area contributed by atoms with Crippen LogP contribution in [0.15, 0.2) is 47.4 Å². The predicted octanol–water partition coefficient (Wildman–Crippen LogP) is 2.90. The first-order chi connectivity index (χ1) is 13.3. The van der Waals surface area contributed by atoms with Gasteiger partial charge >= 0.3 is 5.97 Å². The zero-order chi connectivity index (χ0) is 20.3. The molecular weight excluding hydrogens is 376 g/mol. The molecule has 2 aromatic rings. The van der Waals surface area contributed by atoms with Crippen molar-refractivity contribution in [3.8, 4) is 0 Å². The first kappa shape index (κ1) is 20.4. The van der Waals surface area contributed by atoms with Crippen LogP contribution in [0.1, 0.15) is 34.8 Å². The molecule has 2 aromatic carbocycles. The molecule has 150 valence electrons. The second-order valence-corrected chi connectivity index (χ2v) is 8.86. The van der Waals surface area contributed by atoms with Crippen LogP contribution in [-0.2, 0) is 21.2 Å². The molecule has 1 unspecified atom stereocenters. The number of ether oxygens (including phenoxy) is 1. The summed E-state index contributed by atoms with van der Waals surface area (Å²) in [5, 5.41) is 0. The van der Waals surface area contributed by atoms with E-state index in [4.69, 9.17) is 4.74 Å². The second-order valence-electron chi connectivity index (χ2n) is 7.09. The first-order valence-corrected chi connectivity index (χ1v) is 10.8. The van der Waals surface area contributed by atoms with Crippen molar-refractivity contribution in [3.05, 3.63) is 59.2 Å². The van der Waals surface area contributed by atoms with Gasteiger partial charge in [-0.25, -0.2) is 17.9 Å². The normalized spacial score (nSPS) is 16.1. The lowest BCUT2D eigenvalue weighted by molar-refractivity contribution is 0.0599. The summed E-state index contributed by atoms with van der Waals surface area (Å²) in [6.45, 7) is 5.03. The summed E-state index contributed by atoms with van der Waals surface area (Å²) in [4.78, 5) is 14.2. The van der Waals surface area contributed by atoms with Crippen molar-refractivity contribution in [2.24, 2.45) is 0 Å². The number of fused-ring (bicyclic) bond motifs is 1. The Morgan fingerprint density at radius 1 is 1.25 bits per heavy atom. The SMILES string of the molecule is COC(=O)c1cc(S(=O)(=O)NCCCN2c3ccccc3CC2C)ccc1C. The molecule has 1 heterocycles. The largest absolute Gasteiger partial charge is 0.465 e. The van der Waals surface area contributed by atoms with Crippen molar-refractivity contribution in [3.63, 3.8) is 0 Å². The van der Waals surface area contributed by atoms with Gasteiger partial charge in [0, 0.05) is 24.8 Å². The molecule has 0 aromatic heterocycles. The van der Waals surface area contributed by atoms with Crippen LogP contribution in [0.25, 0.3) is 0 Å². The summed E-state index contributed by atoms with van der Waals surface area (Å²) in [6, 6.07) is 13.2. The van der Waals surface area contributed by atoms with Gasteiger partial charge in [-0.1, -0.05) is 24.3 Å². The van der Waals surface area contributed by atoms with Gasteiger partial charge in [0.05, 0.1) is 17.6 Å². The van der Waals surface area contributed by atoms with Crippen LogP contribution in [0.4, 0.5) is 5.69 Å². The third-order valence-corrected chi connectivity index (χ3v) is 6.60. The molecule has 0 fully saturated rings. The lowest BCUT2D eigenvalue weighted by Gasteiger charge is -2.24. The van der Waals surface area contributed by atoms with Crippen LogP contribution in [0.3, 0.4) is 0 Å². The molecular formula is C21H26N2O4S. The highest BCUT2D eigenvalue weighted by Gasteiger charge is 2.25. The quantitative estimate of drug-likeness (QED) is 0.569. The fourth-order valence-corrected chi connectivity index (χ4v) is 4.71. The van der Waals surface area contributed by atoms with E-state index in [1.807, 2.05) is 12.1 Å². The molecule has 0 aliphatic carbocycles. The van der Waals surface area contributed by atoms with E-state index in [0.717, 1.165) is 13.0 Å². The standard InChI is InChI=1S/C21H26N2O4S/c1-15-9-10-18(14-19(15)21(24)27-3)28(25,26)22-11-6-12-23-16(2)13-17-7-4-5-8-20(17)23/h4-5,7-10,14,16,22H,6,11-13H2,1-3H3. The van der Waals surface area contributed by atoms with E-state index in [1.54, 1.807) is 13.0 Å². The molecule has 3 rings (SSSR count). The number of nitrogens with one attached hydrogen (secondary N) is 1. The molecule has 0 bridgehead atoms. The third-order valence-electron chi connectivity index (χ3n) is 5.14. The van der Waals surface area contributed by atoms with Crippen molar-refractivity contribution in [2.75, 3.05) is 25.1 Å². The Bertz CT molecular complexity index is 972. The lowest BCUT2D eigenvalue weighted by atomic mass is 10.1. The first-order valence-electron chi connectivity index (χ1n) is 9.36. The van der Waals surface area contributed by atoms with Gasteiger partial charge in [-0.05, 0) is 56.0 Å². The molecule has 1 atom stereocenters. The maximum atomic E-state index is 12.6. The second kappa shape index (κ2) is 8.32. The van der Waals surface area contributed by atoms with Crippen LogP contribution in [0.5, 0.6) is 0 Å². The summed E-state index contributed by atoms with van der Waals surface area (Å²) in [7, 11) is -2.41. The predicted molar refractivity (Wildman–Crippen MR) is 109 cm³/mol. The van der Waals surface area contributed by atoms with E-state index in [0.29, 0.717) is 24.6 Å². The topological polar surface area (TPSA) is 75.7 Å². The fraction of sp³-hybridized carbons (Fsp3) is 0.381. The van der Waals surface area contributed by atoms with Gasteiger partial charge in [-0.15, -0.1) is 0 Å². The van der Waals surface area contributed by atoms with Crippen molar-refractivity contribution >= 4 is 21.7 Å². The Balaban J connectivity index is 1.61. The number of rotatable bonds is 7. The minimum Gasteiger partial charge on any atom is -0.465 e. The zero-order valence-electron chi connectivity index (χ0n) is 16.4. The van der Waals surface area contributed by atoms with Gasteiger partial charge in [-0.3, -0.25) is 0 Å². The van der Waals surface area contributed by atoms with E-state index in [1.165, 1.54) is 30.5 Å². The number of benzene rings is 2. The number of anilines is 1. The highest BCUT2D eigenvalue weighted by Crippen LogP contribution is 2.31. The van der Waals surface area contributed by atoms with E-state index in [-0.39, 0.29) is 10.5 Å². The molecule has 6 nitrogen and oxygen atoms in total. The molecule has 1 N–H and O–H groups in total. The smallest absolute Gasteiger partial charge is 0.338 e. The highest BCUT2D eigenvalue weighted by atomic mass is 32.2. The summed E-state index contributed by atoms with van der Waals surface area (Å²) in [5.74, 6) is -0.545. The van der Waals surface area contributed by atoms with Crippen molar-refractivity contribution < 1.29 is 17.9 Å². The Morgan fingerprint density at radius 2 is 2.00 bits per heavy atom. The zero-order valence-corrected chi connectivity index (χ0v) is 17.3. The molecule has 1 aliphatic rings. The van der Waals surface area contributed by atoms with Crippen LogP contribution in [-0.4, -0.2) is 40.6 Å². The number of para-hydroxylation sites is 1. The Hall–Kier alpha value is -2.38. The van der Waals surface area contributed by atoms with Crippen molar-refractivity contribution in [1.29, 1.82) is 0 Å². The summed E-state index contributed by atoms with van der Waals surface area (Å²) >= 11 is 0.